The van der Waals surface area contributed by atoms with E-state index < -0.39 is 5.79 Å². The van der Waals surface area contributed by atoms with Crippen molar-refractivity contribution >= 4 is 5.78 Å². The quantitative estimate of drug-likeness (QED) is 0.570. The monoisotopic (exact) mass is 182 g/mol. The summed E-state index contributed by atoms with van der Waals surface area (Å²) in [6.45, 7) is 3.76. The maximum absolute atomic E-state index is 11.8. The molecule has 2 bridgehead atoms. The third-order valence-electron chi connectivity index (χ3n) is 3.13. The largest absolute Gasteiger partial charge is 0.349 e. The molecule has 0 amide bonds. The van der Waals surface area contributed by atoms with Crippen LogP contribution in [0.5, 0.6) is 0 Å². The van der Waals surface area contributed by atoms with Crippen molar-refractivity contribution in [1.29, 1.82) is 0 Å². The van der Waals surface area contributed by atoms with Gasteiger partial charge in [-0.3, -0.25) is 4.79 Å². The molecule has 2 aliphatic rings. The first-order valence-corrected chi connectivity index (χ1v) is 4.57. The Morgan fingerprint density at radius 1 is 1.54 bits per heavy atom. The van der Waals surface area contributed by atoms with E-state index in [1.807, 2.05) is 26.0 Å². The summed E-state index contributed by atoms with van der Waals surface area (Å²) in [6, 6.07) is 0. The van der Waals surface area contributed by atoms with Gasteiger partial charge in [-0.15, -0.1) is 0 Å². The van der Waals surface area contributed by atoms with Crippen molar-refractivity contribution in [2.45, 2.75) is 25.7 Å². The van der Waals surface area contributed by atoms with Crippen LogP contribution in [0.4, 0.5) is 0 Å². The molecule has 1 saturated heterocycles. The van der Waals surface area contributed by atoms with Crippen LogP contribution >= 0.6 is 0 Å². The fraction of sp³-hybridized carbons (Fsp3) is 0.700. The Labute approximate surface area is 77.7 Å². The summed E-state index contributed by atoms with van der Waals surface area (Å²) in [5.41, 5.74) is 0. The lowest BCUT2D eigenvalue weighted by Gasteiger charge is -2.39. The van der Waals surface area contributed by atoms with Gasteiger partial charge < -0.3 is 9.47 Å². The third-order valence-corrected chi connectivity index (χ3v) is 3.13. The highest BCUT2D eigenvalue weighted by Gasteiger charge is 2.52. The van der Waals surface area contributed by atoms with Crippen molar-refractivity contribution in [3.05, 3.63) is 12.2 Å². The first kappa shape index (κ1) is 8.91. The predicted octanol–water partition coefficient (Wildman–Crippen LogP) is 1.14. The normalized spacial score (nSPS) is 48.5. The van der Waals surface area contributed by atoms with Gasteiger partial charge in [-0.05, 0) is 13.0 Å². The highest BCUT2D eigenvalue weighted by Crippen LogP contribution is 2.41. The van der Waals surface area contributed by atoms with E-state index in [1.165, 1.54) is 0 Å². The molecular formula is C10H14O3. The molecule has 0 N–H and O–H groups in total. The molecule has 72 valence electrons. The van der Waals surface area contributed by atoms with Crippen LogP contribution in [0, 0.1) is 11.8 Å². The van der Waals surface area contributed by atoms with E-state index in [-0.39, 0.29) is 23.7 Å². The van der Waals surface area contributed by atoms with Crippen LogP contribution in [-0.2, 0) is 14.3 Å². The van der Waals surface area contributed by atoms with Gasteiger partial charge in [0.2, 0.25) is 0 Å². The summed E-state index contributed by atoms with van der Waals surface area (Å²) in [6.07, 6.45) is 3.70. The molecule has 0 saturated carbocycles. The number of hydrogen-bond donors (Lipinski definition) is 0. The van der Waals surface area contributed by atoms with Gasteiger partial charge in [0.25, 0.3) is 0 Å². The average Bonchev–Trinajstić information content (AvgIpc) is 2.55. The zero-order valence-electron chi connectivity index (χ0n) is 8.11. The molecule has 1 fully saturated rings. The molecule has 13 heavy (non-hydrogen) atoms. The van der Waals surface area contributed by atoms with E-state index in [4.69, 9.17) is 9.47 Å². The van der Waals surface area contributed by atoms with Crippen LogP contribution in [-0.4, -0.2) is 24.8 Å². The minimum absolute atomic E-state index is 0.0444. The van der Waals surface area contributed by atoms with Crippen molar-refractivity contribution in [1.82, 2.24) is 0 Å². The fourth-order valence-corrected chi connectivity index (χ4v) is 2.08. The van der Waals surface area contributed by atoms with E-state index in [0.29, 0.717) is 0 Å². The van der Waals surface area contributed by atoms with Gasteiger partial charge in [0.15, 0.2) is 5.79 Å². The minimum atomic E-state index is -0.783. The number of rotatable bonds is 1. The van der Waals surface area contributed by atoms with Crippen LogP contribution in [0.1, 0.15) is 13.8 Å². The number of ketones is 1. The lowest BCUT2D eigenvalue weighted by atomic mass is 9.86. The number of carbonyl (C=O) groups is 1. The van der Waals surface area contributed by atoms with Gasteiger partial charge in [-0.1, -0.05) is 13.0 Å². The van der Waals surface area contributed by atoms with Crippen molar-refractivity contribution in [3.8, 4) is 0 Å². The average molecular weight is 182 g/mol. The van der Waals surface area contributed by atoms with Crippen LogP contribution in [0.2, 0.25) is 0 Å². The molecule has 0 aromatic rings. The van der Waals surface area contributed by atoms with Crippen molar-refractivity contribution in [3.63, 3.8) is 0 Å². The van der Waals surface area contributed by atoms with E-state index in [0.717, 1.165) is 0 Å². The van der Waals surface area contributed by atoms with Gasteiger partial charge in [0.1, 0.15) is 5.78 Å². The molecule has 0 spiro atoms. The molecular weight excluding hydrogens is 168 g/mol. The highest BCUT2D eigenvalue weighted by molar-refractivity contribution is 5.86. The van der Waals surface area contributed by atoms with Gasteiger partial charge in [0, 0.05) is 13.0 Å². The van der Waals surface area contributed by atoms with E-state index in [9.17, 15) is 4.79 Å². The summed E-state index contributed by atoms with van der Waals surface area (Å²) in [7, 11) is 1.58. The SMILES string of the molecule is CO[C@]12C=C[C@H](O1)[C@@H](C)C(=O)[C@H]2C. The third kappa shape index (κ3) is 1.00. The Kier molecular flexibility index (Phi) is 1.82. The fourth-order valence-electron chi connectivity index (χ4n) is 2.08. The maximum atomic E-state index is 11.8. The lowest BCUT2D eigenvalue weighted by molar-refractivity contribution is -0.242. The van der Waals surface area contributed by atoms with E-state index in [2.05, 4.69) is 0 Å². The molecule has 2 aliphatic heterocycles. The van der Waals surface area contributed by atoms with E-state index >= 15 is 0 Å². The molecule has 0 radical (unpaired) electrons. The summed E-state index contributed by atoms with van der Waals surface area (Å²) in [4.78, 5) is 11.8. The van der Waals surface area contributed by atoms with Crippen LogP contribution in [0.25, 0.3) is 0 Å². The van der Waals surface area contributed by atoms with Crippen molar-refractivity contribution in [2.24, 2.45) is 11.8 Å². The highest BCUT2D eigenvalue weighted by atomic mass is 16.7. The molecule has 3 heteroatoms. The van der Waals surface area contributed by atoms with E-state index in [1.54, 1.807) is 7.11 Å². The molecule has 2 heterocycles. The Morgan fingerprint density at radius 2 is 2.23 bits per heavy atom. The number of fused-ring (bicyclic) bond motifs is 2. The second-order valence-electron chi connectivity index (χ2n) is 3.78. The maximum Gasteiger partial charge on any atom is 0.197 e. The smallest absolute Gasteiger partial charge is 0.197 e. The summed E-state index contributed by atoms with van der Waals surface area (Å²) >= 11 is 0. The predicted molar refractivity (Wildman–Crippen MR) is 47.1 cm³/mol. The molecule has 4 atom stereocenters. The minimum Gasteiger partial charge on any atom is -0.349 e. The Bertz CT molecular complexity index is 271. The summed E-state index contributed by atoms with van der Waals surface area (Å²) in [5.74, 6) is -0.809. The van der Waals surface area contributed by atoms with Gasteiger partial charge in [-0.25, -0.2) is 0 Å². The second kappa shape index (κ2) is 2.66. The Hall–Kier alpha value is -0.670. The van der Waals surface area contributed by atoms with Gasteiger partial charge in [0.05, 0.1) is 12.0 Å². The lowest BCUT2D eigenvalue weighted by Crippen LogP contribution is -2.51. The topological polar surface area (TPSA) is 35.5 Å². The molecule has 2 rings (SSSR count). The number of methoxy groups -OCH3 is 1. The molecule has 3 nitrogen and oxygen atoms in total. The summed E-state index contributed by atoms with van der Waals surface area (Å²) in [5, 5.41) is 0. The number of Topliss-reactive ketones (excluding diaryl/α,β-unsaturated/α-hetero) is 1. The Balaban J connectivity index is 2.36. The molecule has 0 unspecified atom stereocenters. The molecule has 0 aromatic heterocycles. The zero-order chi connectivity index (χ0) is 9.64. The van der Waals surface area contributed by atoms with Gasteiger partial charge >= 0.3 is 0 Å². The Morgan fingerprint density at radius 3 is 2.85 bits per heavy atom. The molecule has 0 aliphatic carbocycles. The van der Waals surface area contributed by atoms with Crippen molar-refractivity contribution < 1.29 is 14.3 Å². The van der Waals surface area contributed by atoms with Crippen LogP contribution in [0.15, 0.2) is 12.2 Å². The van der Waals surface area contributed by atoms with Gasteiger partial charge in [-0.2, -0.15) is 0 Å². The van der Waals surface area contributed by atoms with Crippen LogP contribution < -0.4 is 0 Å². The number of ether oxygens (including phenoxy) is 2. The van der Waals surface area contributed by atoms with Crippen LogP contribution in [0.3, 0.4) is 0 Å². The number of hydrogen-bond acceptors (Lipinski definition) is 3. The summed E-state index contributed by atoms with van der Waals surface area (Å²) < 4.78 is 10.9. The standard InChI is InChI=1S/C10H14O3/c1-6-8-4-5-10(12-3,13-8)7(2)9(6)11/h4-8H,1-3H3/t6-,7-,8+,10-/m1/s1. The second-order valence-corrected chi connectivity index (χ2v) is 3.78. The van der Waals surface area contributed by atoms with Crippen molar-refractivity contribution in [2.75, 3.05) is 7.11 Å². The zero-order valence-corrected chi connectivity index (χ0v) is 8.11. The number of carbonyl (C=O) groups excluding carboxylic acids is 1. The molecule has 0 aromatic carbocycles. The first-order valence-electron chi connectivity index (χ1n) is 4.57. The first-order chi connectivity index (χ1) is 6.10.